The van der Waals surface area contributed by atoms with E-state index in [4.69, 9.17) is 5.11 Å². The van der Waals surface area contributed by atoms with Gasteiger partial charge in [-0.05, 0) is 30.3 Å². The molecule has 2 aromatic rings. The zero-order valence-corrected chi connectivity index (χ0v) is 16.0. The number of fused-ring (bicyclic) bond motifs is 1. The van der Waals surface area contributed by atoms with Crippen molar-refractivity contribution in [2.45, 2.75) is 19.5 Å². The van der Waals surface area contributed by atoms with Gasteiger partial charge in [-0.15, -0.1) is 0 Å². The Morgan fingerprint density at radius 3 is 2.44 bits per heavy atom. The third kappa shape index (κ3) is 4.64. The van der Waals surface area contributed by atoms with Crippen LogP contribution in [0.4, 0.5) is 0 Å². The second-order valence-corrected chi connectivity index (χ2v) is 7.22. The van der Waals surface area contributed by atoms with Crippen molar-refractivity contribution >= 4 is 22.6 Å². The smallest absolute Gasteiger partial charge is 0.320 e. The zero-order valence-electron chi connectivity index (χ0n) is 16.0. The maximum Gasteiger partial charge on any atom is 0.320 e. The van der Waals surface area contributed by atoms with Crippen LogP contribution < -0.4 is 0 Å². The van der Waals surface area contributed by atoms with Gasteiger partial charge in [0.2, 0.25) is 5.91 Å². The first-order valence-electron chi connectivity index (χ1n) is 9.35. The summed E-state index contributed by atoms with van der Waals surface area (Å²) in [6.45, 7) is 5.62. The van der Waals surface area contributed by atoms with E-state index in [1.165, 1.54) is 16.3 Å². The summed E-state index contributed by atoms with van der Waals surface area (Å²) < 4.78 is 0. The first kappa shape index (κ1) is 19.3. The van der Waals surface area contributed by atoms with Gasteiger partial charge in [0.1, 0.15) is 6.04 Å². The molecule has 0 aromatic heterocycles. The van der Waals surface area contributed by atoms with Gasteiger partial charge >= 0.3 is 5.97 Å². The van der Waals surface area contributed by atoms with Crippen LogP contribution in [-0.4, -0.2) is 77.5 Å². The summed E-state index contributed by atoms with van der Waals surface area (Å²) in [6.07, 6.45) is 0. The standard InChI is InChI=1S/C21H27N3O3/c1-16(21(26)27)22(2)15-20(25)24-12-10-23(11-13-24)14-18-8-5-7-17-6-3-4-9-19(17)18/h3-9,16H,10-15H2,1-2H3,(H,26,27). The first-order chi connectivity index (χ1) is 13.0. The molecular formula is C21H27N3O3. The Balaban J connectivity index is 1.54. The molecule has 1 N–H and O–H groups in total. The first-order valence-corrected chi connectivity index (χ1v) is 9.35. The van der Waals surface area contributed by atoms with Crippen LogP contribution in [0.25, 0.3) is 10.8 Å². The molecule has 0 radical (unpaired) electrons. The largest absolute Gasteiger partial charge is 0.480 e. The molecule has 1 saturated heterocycles. The quantitative estimate of drug-likeness (QED) is 0.842. The number of benzene rings is 2. The van der Waals surface area contributed by atoms with Crippen molar-refractivity contribution in [3.05, 3.63) is 48.0 Å². The minimum Gasteiger partial charge on any atom is -0.480 e. The predicted molar refractivity (Wildman–Crippen MR) is 106 cm³/mol. The molecule has 1 aliphatic rings. The molecule has 1 unspecified atom stereocenters. The van der Waals surface area contributed by atoms with Gasteiger partial charge in [0.25, 0.3) is 0 Å². The number of hydrogen-bond acceptors (Lipinski definition) is 4. The lowest BCUT2D eigenvalue weighted by Gasteiger charge is -2.36. The van der Waals surface area contributed by atoms with E-state index in [1.807, 2.05) is 4.90 Å². The molecule has 1 amide bonds. The Kier molecular flexibility index (Phi) is 6.08. The van der Waals surface area contributed by atoms with E-state index in [2.05, 4.69) is 47.4 Å². The minimum atomic E-state index is -0.912. The van der Waals surface area contributed by atoms with Gasteiger partial charge in [-0.1, -0.05) is 42.5 Å². The average molecular weight is 369 g/mol. The number of carbonyl (C=O) groups is 2. The third-order valence-electron chi connectivity index (χ3n) is 5.40. The van der Waals surface area contributed by atoms with E-state index < -0.39 is 12.0 Å². The van der Waals surface area contributed by atoms with Crippen molar-refractivity contribution in [1.29, 1.82) is 0 Å². The molecule has 0 saturated carbocycles. The molecular weight excluding hydrogens is 342 g/mol. The molecule has 6 heteroatoms. The van der Waals surface area contributed by atoms with Crippen molar-refractivity contribution in [1.82, 2.24) is 14.7 Å². The van der Waals surface area contributed by atoms with E-state index >= 15 is 0 Å². The lowest BCUT2D eigenvalue weighted by Crippen LogP contribution is -2.51. The Hall–Kier alpha value is -2.44. The van der Waals surface area contributed by atoms with E-state index in [0.717, 1.165) is 19.6 Å². The van der Waals surface area contributed by atoms with Crippen molar-refractivity contribution in [2.75, 3.05) is 39.8 Å². The fourth-order valence-electron chi connectivity index (χ4n) is 3.47. The molecule has 0 aliphatic carbocycles. The van der Waals surface area contributed by atoms with Crippen LogP contribution in [0, 0.1) is 0 Å². The van der Waals surface area contributed by atoms with E-state index in [0.29, 0.717) is 13.1 Å². The fraction of sp³-hybridized carbons (Fsp3) is 0.429. The predicted octanol–water partition coefficient (Wildman–Crippen LogP) is 1.89. The monoisotopic (exact) mass is 369 g/mol. The normalized spacial score (nSPS) is 16.6. The van der Waals surface area contributed by atoms with E-state index in [1.54, 1.807) is 18.9 Å². The Labute approximate surface area is 160 Å². The number of rotatable bonds is 6. The fourth-order valence-corrected chi connectivity index (χ4v) is 3.47. The van der Waals surface area contributed by atoms with E-state index in [9.17, 15) is 9.59 Å². The molecule has 144 valence electrons. The van der Waals surface area contributed by atoms with Gasteiger partial charge in [-0.25, -0.2) is 0 Å². The lowest BCUT2D eigenvalue weighted by atomic mass is 10.0. The summed E-state index contributed by atoms with van der Waals surface area (Å²) in [4.78, 5) is 29.3. The van der Waals surface area contributed by atoms with Gasteiger partial charge in [0.15, 0.2) is 0 Å². The number of carbonyl (C=O) groups excluding carboxylic acids is 1. The molecule has 1 heterocycles. The lowest BCUT2D eigenvalue weighted by molar-refractivity contribution is -0.143. The Bertz CT molecular complexity index is 810. The molecule has 27 heavy (non-hydrogen) atoms. The van der Waals surface area contributed by atoms with Gasteiger partial charge in [0, 0.05) is 32.7 Å². The number of hydrogen-bond donors (Lipinski definition) is 1. The van der Waals surface area contributed by atoms with Gasteiger partial charge < -0.3 is 10.0 Å². The number of amides is 1. The molecule has 1 atom stereocenters. The number of carboxylic acids is 1. The minimum absolute atomic E-state index is 0.00425. The Morgan fingerprint density at radius 1 is 1.07 bits per heavy atom. The summed E-state index contributed by atoms with van der Waals surface area (Å²) >= 11 is 0. The van der Waals surface area contributed by atoms with Gasteiger partial charge in [-0.3, -0.25) is 19.4 Å². The summed E-state index contributed by atoms with van der Waals surface area (Å²) in [5.41, 5.74) is 1.31. The average Bonchev–Trinajstić information content (AvgIpc) is 2.68. The highest BCUT2D eigenvalue weighted by atomic mass is 16.4. The molecule has 6 nitrogen and oxygen atoms in total. The highest BCUT2D eigenvalue weighted by Crippen LogP contribution is 2.20. The van der Waals surface area contributed by atoms with Crippen molar-refractivity contribution in [3.8, 4) is 0 Å². The Morgan fingerprint density at radius 2 is 1.74 bits per heavy atom. The second-order valence-electron chi connectivity index (χ2n) is 7.22. The van der Waals surface area contributed by atoms with Gasteiger partial charge in [-0.2, -0.15) is 0 Å². The number of aliphatic carboxylic acids is 1. The molecule has 1 aliphatic heterocycles. The number of piperazine rings is 1. The number of carboxylic acid groups (broad SMARTS) is 1. The van der Waals surface area contributed by atoms with Crippen molar-refractivity contribution < 1.29 is 14.7 Å². The number of nitrogens with zero attached hydrogens (tertiary/aromatic N) is 3. The van der Waals surface area contributed by atoms with Crippen molar-refractivity contribution in [2.24, 2.45) is 0 Å². The highest BCUT2D eigenvalue weighted by Gasteiger charge is 2.25. The summed E-state index contributed by atoms with van der Waals surface area (Å²) in [5.74, 6) is -0.916. The third-order valence-corrected chi connectivity index (χ3v) is 5.40. The van der Waals surface area contributed by atoms with Crippen LogP contribution >= 0.6 is 0 Å². The SMILES string of the molecule is CC(C(=O)O)N(C)CC(=O)N1CCN(Cc2cccc3ccccc23)CC1. The maximum atomic E-state index is 12.4. The summed E-state index contributed by atoms with van der Waals surface area (Å²) in [5, 5.41) is 11.6. The van der Waals surface area contributed by atoms with Crippen LogP contribution in [0.1, 0.15) is 12.5 Å². The highest BCUT2D eigenvalue weighted by molar-refractivity contribution is 5.85. The molecule has 2 aromatic carbocycles. The molecule has 0 spiro atoms. The maximum absolute atomic E-state index is 12.4. The molecule has 1 fully saturated rings. The summed E-state index contributed by atoms with van der Waals surface area (Å²) in [7, 11) is 1.67. The van der Waals surface area contributed by atoms with Crippen LogP contribution in [0.2, 0.25) is 0 Å². The van der Waals surface area contributed by atoms with Crippen LogP contribution in [-0.2, 0) is 16.1 Å². The molecule has 0 bridgehead atoms. The number of likely N-dealkylation sites (N-methyl/N-ethyl adjacent to an activating group) is 1. The second kappa shape index (κ2) is 8.50. The van der Waals surface area contributed by atoms with Crippen LogP contribution in [0.3, 0.4) is 0 Å². The van der Waals surface area contributed by atoms with Gasteiger partial charge in [0.05, 0.1) is 6.54 Å². The molecule has 3 rings (SSSR count). The van der Waals surface area contributed by atoms with Crippen LogP contribution in [0.5, 0.6) is 0 Å². The summed E-state index contributed by atoms with van der Waals surface area (Å²) in [6, 6.07) is 14.1. The van der Waals surface area contributed by atoms with Crippen molar-refractivity contribution in [3.63, 3.8) is 0 Å². The topological polar surface area (TPSA) is 64.1 Å². The van der Waals surface area contributed by atoms with E-state index in [-0.39, 0.29) is 12.5 Å². The zero-order chi connectivity index (χ0) is 19.4. The van der Waals surface area contributed by atoms with Crippen LogP contribution in [0.15, 0.2) is 42.5 Å².